The van der Waals surface area contributed by atoms with Crippen molar-refractivity contribution in [1.82, 2.24) is 4.98 Å². The van der Waals surface area contributed by atoms with Gasteiger partial charge in [0.1, 0.15) is 33.5 Å². The Hall–Kier alpha value is -7.69. The van der Waals surface area contributed by atoms with Gasteiger partial charge in [0.15, 0.2) is 0 Å². The first-order valence-corrected chi connectivity index (χ1v) is 26.1. The Morgan fingerprint density at radius 1 is 0.468 bits per heavy atom. The summed E-state index contributed by atoms with van der Waals surface area (Å²) in [5.74, 6) is 0. The standard InChI is InChI=1S/C18H19BO3.C18H10ClNO3.C18H10ClNO.C6H3BrClNO2.H2/c1-17(2)18(3,4)22-19(21-17)13-9-7-11-15-16(13)12-8-5-6-10-14(12)20-15;19-11-8-9-12(15(10-11)20(21)22)13-5-3-7-17-18(13)14-4-1-2-6-16(14)23-17;19-10-5-6-11-14(9-10)20-13-7-8-16-18(17(11)13)12-3-1-2-4-15(12)21-16;7-5-2-1-4(8)3-6(5)9(10)11;/h5-11H,1-4H3;1-10H;1-9,20H;1-3H;1H/i;;;;1+1. The van der Waals surface area contributed by atoms with Crippen LogP contribution in [-0.2, 0) is 9.31 Å². The zero-order chi connectivity index (χ0) is 53.9. The number of furan rings is 3. The van der Waals surface area contributed by atoms with Gasteiger partial charge in [0.2, 0.25) is 0 Å². The van der Waals surface area contributed by atoms with Gasteiger partial charge in [0.25, 0.3) is 11.4 Å². The van der Waals surface area contributed by atoms with E-state index in [1.807, 2.05) is 109 Å². The molecule has 13 aromatic rings. The second-order valence-electron chi connectivity index (χ2n) is 19.2. The van der Waals surface area contributed by atoms with Gasteiger partial charge in [-0.2, -0.15) is 0 Å². The number of nitro benzene ring substituents is 2. The number of benzene rings is 9. The molecule has 384 valence electrons. The first kappa shape index (κ1) is 51.4. The number of nitrogens with one attached hydrogen (secondary N) is 1. The van der Waals surface area contributed by atoms with Gasteiger partial charge < -0.3 is 27.5 Å². The maximum absolute atomic E-state index is 11.4. The Bertz CT molecular complexity index is 4460. The van der Waals surface area contributed by atoms with E-state index in [1.54, 1.807) is 24.3 Å². The summed E-state index contributed by atoms with van der Waals surface area (Å²) in [4.78, 5) is 24.2. The molecule has 77 heavy (non-hydrogen) atoms. The van der Waals surface area contributed by atoms with Crippen molar-refractivity contribution in [3.8, 4) is 11.1 Å². The minimum atomic E-state index is -0.490. The average Bonchev–Trinajstić information content (AvgIpc) is 4.30. The Kier molecular flexibility index (Phi) is 13.6. The zero-order valence-electron chi connectivity index (χ0n) is 41.4. The molecule has 4 aromatic heterocycles. The van der Waals surface area contributed by atoms with Crippen LogP contribution in [0, 0.1) is 20.2 Å². The van der Waals surface area contributed by atoms with E-state index in [4.69, 9.17) is 57.4 Å². The molecule has 9 aromatic carbocycles. The number of H-pyrrole nitrogens is 1. The number of nitrogens with zero attached hydrogens (tertiary/aromatic N) is 2. The number of aromatic nitrogens is 1. The normalized spacial score (nSPS) is 13.7. The monoisotopic (exact) mass is 1150 g/mol. The summed E-state index contributed by atoms with van der Waals surface area (Å²) in [5, 5.41) is 31.8. The highest BCUT2D eigenvalue weighted by Gasteiger charge is 2.52. The van der Waals surface area contributed by atoms with Crippen LogP contribution in [0.4, 0.5) is 11.4 Å². The first-order valence-electron chi connectivity index (χ1n) is 24.2. The zero-order valence-corrected chi connectivity index (χ0v) is 45.3. The lowest BCUT2D eigenvalue weighted by atomic mass is 9.76. The first-order chi connectivity index (χ1) is 37.0. The van der Waals surface area contributed by atoms with E-state index in [1.165, 1.54) is 22.9 Å². The maximum atomic E-state index is 11.4. The number of fused-ring (bicyclic) bond motifs is 13. The van der Waals surface area contributed by atoms with Crippen LogP contribution < -0.4 is 5.46 Å². The quantitative estimate of drug-likeness (QED) is 0.103. The molecule has 12 nitrogen and oxygen atoms in total. The number of halogens is 4. The Morgan fingerprint density at radius 2 is 0.948 bits per heavy atom. The van der Waals surface area contributed by atoms with Crippen molar-refractivity contribution in [2.75, 3.05) is 0 Å². The lowest BCUT2D eigenvalue weighted by Crippen LogP contribution is -2.41. The molecule has 17 heteroatoms. The molecule has 0 saturated carbocycles. The van der Waals surface area contributed by atoms with Crippen molar-refractivity contribution < 1.29 is 33.8 Å². The Labute approximate surface area is 464 Å². The smallest absolute Gasteiger partial charge is 0.456 e. The third-order valence-electron chi connectivity index (χ3n) is 14.0. The highest BCUT2D eigenvalue weighted by atomic mass is 79.9. The molecule has 14 rings (SSSR count). The van der Waals surface area contributed by atoms with Gasteiger partial charge in [-0.3, -0.25) is 20.2 Å². The van der Waals surface area contributed by atoms with Crippen molar-refractivity contribution in [2.45, 2.75) is 38.9 Å². The largest absolute Gasteiger partial charge is 0.495 e. The summed E-state index contributed by atoms with van der Waals surface area (Å²) in [6, 6.07) is 54.7. The van der Waals surface area contributed by atoms with Gasteiger partial charge in [-0.15, -0.1) is 0 Å². The van der Waals surface area contributed by atoms with Gasteiger partial charge in [0.05, 0.1) is 31.1 Å². The van der Waals surface area contributed by atoms with Gasteiger partial charge in [-0.05, 0) is 128 Å². The minimum absolute atomic E-state index is 0. The molecule has 1 aliphatic rings. The van der Waals surface area contributed by atoms with Crippen LogP contribution in [0.3, 0.4) is 0 Å². The van der Waals surface area contributed by atoms with Crippen LogP contribution in [0.2, 0.25) is 15.1 Å². The third kappa shape index (κ3) is 9.66. The van der Waals surface area contributed by atoms with Gasteiger partial charge in [0, 0.05) is 88.3 Å². The van der Waals surface area contributed by atoms with E-state index >= 15 is 0 Å². The summed E-state index contributed by atoms with van der Waals surface area (Å²) in [5.41, 5.74) is 8.79. The van der Waals surface area contributed by atoms with Crippen LogP contribution in [0.15, 0.2) is 194 Å². The fourth-order valence-corrected chi connectivity index (χ4v) is 10.6. The van der Waals surface area contributed by atoms with Crippen molar-refractivity contribution in [2.24, 2.45) is 0 Å². The highest BCUT2D eigenvalue weighted by molar-refractivity contribution is 9.10. The third-order valence-corrected chi connectivity index (χ3v) is 15.3. The molecule has 0 atom stereocenters. The van der Waals surface area contributed by atoms with E-state index in [-0.39, 0.29) is 31.1 Å². The number of hydrogen-bond acceptors (Lipinski definition) is 9. The Balaban J connectivity index is 0.000000120. The minimum Gasteiger partial charge on any atom is -0.456 e. The second-order valence-corrected chi connectivity index (χ2v) is 21.4. The number of para-hydroxylation sites is 3. The van der Waals surface area contributed by atoms with Gasteiger partial charge in [-0.25, -0.2) is 0 Å². The van der Waals surface area contributed by atoms with Crippen LogP contribution in [0.5, 0.6) is 0 Å². The SMILES string of the molecule is CC1(C)OB(c2cccc3oc4ccccc4c23)OC1(C)C.Clc1ccc2c(c1)[nH]c1ccc3oc4ccccc4c3c12.O=[N+]([O-])c1cc(Cl)ccc1-c1cccc2oc3ccccc3c12.O=[N+]([O-])c1cc(Cl)ccc1Br.[2HH]. The summed E-state index contributed by atoms with van der Waals surface area (Å²) >= 11 is 20.6. The molecule has 0 radical (unpaired) electrons. The highest BCUT2D eigenvalue weighted by Crippen LogP contribution is 2.43. The van der Waals surface area contributed by atoms with Crippen LogP contribution in [-0.4, -0.2) is 33.2 Å². The van der Waals surface area contributed by atoms with E-state index < -0.39 is 9.85 Å². The fourth-order valence-electron chi connectivity index (χ4n) is 9.66. The molecule has 1 N–H and O–H groups in total. The van der Waals surface area contributed by atoms with Crippen molar-refractivity contribution in [1.29, 1.82) is 0 Å². The molecule has 0 bridgehead atoms. The molecule has 1 fully saturated rings. The molecule has 1 saturated heterocycles. The van der Waals surface area contributed by atoms with E-state index in [2.05, 4.69) is 78.9 Å². The van der Waals surface area contributed by atoms with Crippen LogP contribution in [0.25, 0.3) is 98.7 Å². The molecule has 0 unspecified atom stereocenters. The summed E-state index contributed by atoms with van der Waals surface area (Å²) in [6.45, 7) is 8.28. The predicted molar refractivity (Wildman–Crippen MR) is 316 cm³/mol. The lowest BCUT2D eigenvalue weighted by molar-refractivity contribution is -0.385. The van der Waals surface area contributed by atoms with E-state index in [0.29, 0.717) is 25.7 Å². The van der Waals surface area contributed by atoms with Crippen LogP contribution in [0.1, 0.15) is 29.1 Å². The van der Waals surface area contributed by atoms with Crippen molar-refractivity contribution >= 4 is 162 Å². The molecule has 0 aliphatic carbocycles. The van der Waals surface area contributed by atoms with E-state index in [9.17, 15) is 20.2 Å². The molecule has 1 aliphatic heterocycles. The molecular weight excluding hydrogens is 1100 g/mol. The number of aromatic amines is 1. The summed E-state index contributed by atoms with van der Waals surface area (Å²) in [6.07, 6.45) is 0. The Morgan fingerprint density at radius 3 is 1.55 bits per heavy atom. The fraction of sp³-hybridized carbons (Fsp3) is 0.100. The average molecular weight is 1150 g/mol. The molecular formula is C60H44BBrCl3N3O9. The van der Waals surface area contributed by atoms with Crippen LogP contribution >= 0.6 is 50.7 Å². The number of nitro groups is 2. The lowest BCUT2D eigenvalue weighted by Gasteiger charge is -2.32. The summed E-state index contributed by atoms with van der Waals surface area (Å²) < 4.78 is 30.6. The second kappa shape index (κ2) is 20.4. The van der Waals surface area contributed by atoms with Gasteiger partial charge >= 0.3 is 7.12 Å². The van der Waals surface area contributed by atoms with Crippen molar-refractivity contribution in [3.05, 3.63) is 216 Å². The predicted octanol–water partition coefficient (Wildman–Crippen LogP) is 18.8. The topological polar surface area (TPSA) is 160 Å². The van der Waals surface area contributed by atoms with Crippen molar-refractivity contribution in [3.63, 3.8) is 0 Å². The number of rotatable bonds is 4. The molecule has 0 amide bonds. The molecule has 0 spiro atoms. The molecule has 5 heterocycles. The maximum Gasteiger partial charge on any atom is 0.495 e. The number of hydrogen-bond donors (Lipinski definition) is 1. The van der Waals surface area contributed by atoms with E-state index in [0.717, 1.165) is 87.3 Å². The summed E-state index contributed by atoms with van der Waals surface area (Å²) in [7, 11) is -0.380. The van der Waals surface area contributed by atoms with Gasteiger partial charge in [-0.1, -0.05) is 120 Å².